The lowest BCUT2D eigenvalue weighted by atomic mass is 10.1. The molecule has 1 heterocycles. The van der Waals surface area contributed by atoms with Gasteiger partial charge in [-0.25, -0.2) is 0 Å². The second kappa shape index (κ2) is 6.15. The van der Waals surface area contributed by atoms with Gasteiger partial charge in [-0.3, -0.25) is 9.78 Å². The van der Waals surface area contributed by atoms with Gasteiger partial charge in [0.05, 0.1) is 17.8 Å². The fourth-order valence-corrected chi connectivity index (χ4v) is 2.06. The molecule has 0 aromatic carbocycles. The normalized spacial score (nSPS) is 16.4. The number of aromatic nitrogens is 1. The van der Waals surface area contributed by atoms with Crippen LogP contribution in [0, 0.1) is 12.8 Å². The predicted molar refractivity (Wildman–Crippen MR) is 73.7 cm³/mol. The minimum atomic E-state index is -0.0612. The molecule has 19 heavy (non-hydrogen) atoms. The molecule has 0 radical (unpaired) electrons. The Morgan fingerprint density at radius 2 is 2.21 bits per heavy atom. The van der Waals surface area contributed by atoms with Crippen LogP contribution in [0.4, 0.5) is 0 Å². The molecule has 1 fully saturated rings. The van der Waals surface area contributed by atoms with Crippen LogP contribution in [0.2, 0.25) is 0 Å². The van der Waals surface area contributed by atoms with Crippen molar-refractivity contribution in [3.8, 4) is 0 Å². The van der Waals surface area contributed by atoms with E-state index in [0.717, 1.165) is 24.2 Å². The number of amides is 1. The number of aryl methyl sites for hydroxylation is 1. The Morgan fingerprint density at radius 1 is 1.47 bits per heavy atom. The van der Waals surface area contributed by atoms with Crippen molar-refractivity contribution >= 4 is 5.91 Å². The van der Waals surface area contributed by atoms with Crippen molar-refractivity contribution in [3.63, 3.8) is 0 Å². The van der Waals surface area contributed by atoms with Crippen LogP contribution in [0.5, 0.6) is 0 Å². The van der Waals surface area contributed by atoms with E-state index in [9.17, 15) is 4.79 Å². The maximum Gasteiger partial charge on any atom is 0.246 e. The molecule has 0 unspecified atom stereocenters. The van der Waals surface area contributed by atoms with Crippen LogP contribution in [0.1, 0.15) is 44.1 Å². The molecule has 0 aliphatic heterocycles. The number of nitrogens with one attached hydrogen (secondary N) is 1. The fourth-order valence-electron chi connectivity index (χ4n) is 2.06. The molecule has 1 aliphatic carbocycles. The predicted octanol–water partition coefficient (Wildman–Crippen LogP) is 2.38. The zero-order valence-electron chi connectivity index (χ0n) is 11.8. The van der Waals surface area contributed by atoms with Crippen LogP contribution in [0.3, 0.4) is 0 Å². The molecule has 1 atom stereocenters. The zero-order chi connectivity index (χ0) is 13.8. The summed E-state index contributed by atoms with van der Waals surface area (Å²) in [6, 6.07) is 5.98. The third-order valence-electron chi connectivity index (χ3n) is 3.19. The summed E-state index contributed by atoms with van der Waals surface area (Å²) < 4.78 is 5.33. The Morgan fingerprint density at radius 3 is 2.79 bits per heavy atom. The molecule has 1 N–H and O–H groups in total. The van der Waals surface area contributed by atoms with Crippen molar-refractivity contribution in [2.75, 3.05) is 6.61 Å². The third kappa shape index (κ3) is 4.31. The molecule has 0 spiro atoms. The van der Waals surface area contributed by atoms with Gasteiger partial charge in [0, 0.05) is 5.69 Å². The first-order valence-electron chi connectivity index (χ1n) is 6.91. The Labute approximate surface area is 114 Å². The second-order valence-electron chi connectivity index (χ2n) is 5.45. The largest absolute Gasteiger partial charge is 0.369 e. The van der Waals surface area contributed by atoms with Crippen LogP contribution >= 0.6 is 0 Å². The number of ether oxygens (including phenoxy) is 1. The number of nitrogens with zero attached hydrogens (tertiary/aromatic N) is 1. The molecular formula is C15H22N2O2. The molecule has 1 aromatic rings. The van der Waals surface area contributed by atoms with E-state index in [4.69, 9.17) is 4.74 Å². The smallest absolute Gasteiger partial charge is 0.246 e. The van der Waals surface area contributed by atoms with E-state index in [2.05, 4.69) is 10.3 Å². The highest BCUT2D eigenvalue weighted by Gasteiger charge is 2.34. The molecule has 0 bridgehead atoms. The number of carbonyl (C=O) groups excluding carboxylic acids is 1. The first-order chi connectivity index (χ1) is 9.06. The number of hydrogen-bond acceptors (Lipinski definition) is 3. The van der Waals surface area contributed by atoms with Crippen LogP contribution in [0.15, 0.2) is 18.2 Å². The Bertz CT molecular complexity index is 442. The molecule has 1 saturated carbocycles. The van der Waals surface area contributed by atoms with Gasteiger partial charge >= 0.3 is 0 Å². The number of pyridine rings is 1. The summed E-state index contributed by atoms with van der Waals surface area (Å²) in [6.07, 6.45) is 2.39. The topological polar surface area (TPSA) is 51.2 Å². The van der Waals surface area contributed by atoms with E-state index in [1.54, 1.807) is 0 Å². The molecular weight excluding hydrogens is 240 g/mol. The first kappa shape index (κ1) is 14.0. The summed E-state index contributed by atoms with van der Waals surface area (Å²) in [7, 11) is 0. The Balaban J connectivity index is 1.99. The summed E-state index contributed by atoms with van der Waals surface area (Å²) in [6.45, 7) is 5.94. The van der Waals surface area contributed by atoms with Gasteiger partial charge < -0.3 is 10.1 Å². The zero-order valence-corrected chi connectivity index (χ0v) is 11.8. The molecule has 0 saturated heterocycles. The lowest BCUT2D eigenvalue weighted by Gasteiger charge is -2.18. The lowest BCUT2D eigenvalue weighted by Crippen LogP contribution is -2.34. The van der Waals surface area contributed by atoms with Gasteiger partial charge in [0.15, 0.2) is 0 Å². The summed E-state index contributed by atoms with van der Waals surface area (Å²) in [4.78, 5) is 16.4. The minimum Gasteiger partial charge on any atom is -0.369 e. The summed E-state index contributed by atoms with van der Waals surface area (Å²) in [5, 5.41) is 3.05. The summed E-state index contributed by atoms with van der Waals surface area (Å²) in [5.74, 6) is 0.464. The van der Waals surface area contributed by atoms with Crippen LogP contribution in [-0.4, -0.2) is 23.6 Å². The highest BCUT2D eigenvalue weighted by atomic mass is 16.5. The summed E-state index contributed by atoms with van der Waals surface area (Å²) >= 11 is 0. The van der Waals surface area contributed by atoms with E-state index in [1.165, 1.54) is 0 Å². The quantitative estimate of drug-likeness (QED) is 0.856. The van der Waals surface area contributed by atoms with Gasteiger partial charge in [-0.05, 0) is 51.7 Å². The van der Waals surface area contributed by atoms with Crippen LogP contribution < -0.4 is 5.32 Å². The maximum atomic E-state index is 11.9. The van der Waals surface area contributed by atoms with Crippen molar-refractivity contribution in [2.45, 2.75) is 45.8 Å². The van der Waals surface area contributed by atoms with Crippen molar-refractivity contribution in [3.05, 3.63) is 29.6 Å². The van der Waals surface area contributed by atoms with Gasteiger partial charge in [-0.1, -0.05) is 6.07 Å². The van der Waals surface area contributed by atoms with E-state index < -0.39 is 0 Å². The minimum absolute atomic E-state index is 0.0307. The lowest BCUT2D eigenvalue weighted by molar-refractivity contribution is -0.128. The monoisotopic (exact) mass is 262 g/mol. The molecule has 4 heteroatoms. The average molecular weight is 262 g/mol. The SMILES string of the molecule is Cc1cccc([C@H](NC(=O)COC(C)C)C2CC2)n1. The van der Waals surface area contributed by atoms with Gasteiger partial charge in [-0.15, -0.1) is 0 Å². The van der Waals surface area contributed by atoms with E-state index in [-0.39, 0.29) is 24.7 Å². The van der Waals surface area contributed by atoms with E-state index >= 15 is 0 Å². The van der Waals surface area contributed by atoms with Crippen molar-refractivity contribution in [1.82, 2.24) is 10.3 Å². The van der Waals surface area contributed by atoms with Crippen molar-refractivity contribution < 1.29 is 9.53 Å². The van der Waals surface area contributed by atoms with Gasteiger partial charge in [0.25, 0.3) is 0 Å². The van der Waals surface area contributed by atoms with Gasteiger partial charge in [0.2, 0.25) is 5.91 Å². The summed E-state index contributed by atoms with van der Waals surface area (Å²) in [5.41, 5.74) is 1.94. The third-order valence-corrected chi connectivity index (χ3v) is 3.19. The second-order valence-corrected chi connectivity index (χ2v) is 5.45. The molecule has 104 valence electrons. The molecule has 4 nitrogen and oxygen atoms in total. The van der Waals surface area contributed by atoms with Gasteiger partial charge in [0.1, 0.15) is 6.61 Å². The highest BCUT2D eigenvalue weighted by molar-refractivity contribution is 5.77. The van der Waals surface area contributed by atoms with Crippen LogP contribution in [0.25, 0.3) is 0 Å². The molecule has 2 rings (SSSR count). The average Bonchev–Trinajstić information content (AvgIpc) is 3.17. The van der Waals surface area contributed by atoms with Crippen molar-refractivity contribution in [1.29, 1.82) is 0 Å². The molecule has 1 amide bonds. The fraction of sp³-hybridized carbons (Fsp3) is 0.600. The van der Waals surface area contributed by atoms with E-state index in [1.807, 2.05) is 39.0 Å². The number of rotatable bonds is 6. The Hall–Kier alpha value is -1.42. The Kier molecular flexibility index (Phi) is 4.53. The number of hydrogen-bond donors (Lipinski definition) is 1. The number of carbonyl (C=O) groups is 1. The van der Waals surface area contributed by atoms with Crippen molar-refractivity contribution in [2.24, 2.45) is 5.92 Å². The molecule has 1 aliphatic rings. The maximum absolute atomic E-state index is 11.9. The standard InChI is InChI=1S/C15H22N2O2/c1-10(2)19-9-14(18)17-15(12-7-8-12)13-6-4-5-11(3)16-13/h4-6,10,12,15H,7-9H2,1-3H3,(H,17,18)/t15-/m1/s1. The highest BCUT2D eigenvalue weighted by Crippen LogP contribution is 2.40. The molecule has 1 aromatic heterocycles. The first-order valence-corrected chi connectivity index (χ1v) is 6.91. The van der Waals surface area contributed by atoms with Crippen LogP contribution in [-0.2, 0) is 9.53 Å². The van der Waals surface area contributed by atoms with E-state index in [0.29, 0.717) is 5.92 Å². The van der Waals surface area contributed by atoms with Gasteiger partial charge in [-0.2, -0.15) is 0 Å².